The van der Waals surface area contributed by atoms with Gasteiger partial charge in [0.25, 0.3) is 0 Å². The number of hydrogen-bond acceptors (Lipinski definition) is 6. The Labute approximate surface area is 177 Å². The Kier molecular flexibility index (Phi) is 7.43. The van der Waals surface area contributed by atoms with E-state index in [0.717, 1.165) is 42.9 Å². The summed E-state index contributed by atoms with van der Waals surface area (Å²) in [7, 11) is 1.62. The van der Waals surface area contributed by atoms with E-state index in [1.807, 2.05) is 18.2 Å². The summed E-state index contributed by atoms with van der Waals surface area (Å²) in [6, 6.07) is 12.8. The molecule has 0 atom stereocenters. The van der Waals surface area contributed by atoms with Crippen molar-refractivity contribution in [1.29, 1.82) is 0 Å². The predicted octanol–water partition coefficient (Wildman–Crippen LogP) is 2.91. The summed E-state index contributed by atoms with van der Waals surface area (Å²) >= 11 is 0. The van der Waals surface area contributed by atoms with Gasteiger partial charge in [-0.1, -0.05) is 12.1 Å². The maximum absolute atomic E-state index is 12.4. The number of nitrogens with one attached hydrogen (secondary N) is 2. The number of ketones is 1. The summed E-state index contributed by atoms with van der Waals surface area (Å²) in [5, 5.41) is 16.0. The molecule has 0 spiro atoms. The van der Waals surface area contributed by atoms with Crippen molar-refractivity contribution >= 4 is 23.1 Å². The number of ether oxygens (including phenoxy) is 1. The van der Waals surface area contributed by atoms with E-state index >= 15 is 0 Å². The summed E-state index contributed by atoms with van der Waals surface area (Å²) in [6.07, 6.45) is 1.78. The van der Waals surface area contributed by atoms with Crippen LogP contribution in [0.4, 0.5) is 11.4 Å². The van der Waals surface area contributed by atoms with Gasteiger partial charge in [0, 0.05) is 35.9 Å². The van der Waals surface area contributed by atoms with Gasteiger partial charge in [-0.15, -0.1) is 0 Å². The fourth-order valence-corrected chi connectivity index (χ4v) is 3.67. The second-order valence-electron chi connectivity index (χ2n) is 7.53. The number of amides is 1. The SMILES string of the molecule is COc1cccc(CO)c1NC1CCN(CC(=O)Nc2ccc(C(C)=O)cc2)CC1. The number of benzene rings is 2. The van der Waals surface area contributed by atoms with Crippen LogP contribution in [0, 0.1) is 0 Å². The summed E-state index contributed by atoms with van der Waals surface area (Å²) in [5.41, 5.74) is 2.97. The number of nitrogens with zero attached hydrogens (tertiary/aromatic N) is 1. The van der Waals surface area contributed by atoms with E-state index in [1.54, 1.807) is 31.4 Å². The van der Waals surface area contributed by atoms with Gasteiger partial charge in [0.15, 0.2) is 5.78 Å². The minimum atomic E-state index is -0.0655. The zero-order valence-electron chi connectivity index (χ0n) is 17.5. The van der Waals surface area contributed by atoms with Gasteiger partial charge in [0.2, 0.25) is 5.91 Å². The lowest BCUT2D eigenvalue weighted by molar-refractivity contribution is -0.117. The standard InChI is InChI=1S/C23H29N3O4/c1-16(28)17-6-8-19(9-7-17)24-22(29)14-26-12-10-20(11-13-26)25-23-18(15-27)4-3-5-21(23)30-2/h3-9,20,25,27H,10-15H2,1-2H3,(H,24,29). The van der Waals surface area contributed by atoms with Crippen LogP contribution in [0.1, 0.15) is 35.7 Å². The second-order valence-corrected chi connectivity index (χ2v) is 7.53. The zero-order chi connectivity index (χ0) is 21.5. The van der Waals surface area contributed by atoms with Gasteiger partial charge < -0.3 is 20.5 Å². The van der Waals surface area contributed by atoms with Crippen molar-refractivity contribution in [2.24, 2.45) is 0 Å². The number of para-hydroxylation sites is 1. The van der Waals surface area contributed by atoms with Crippen LogP contribution in [-0.4, -0.2) is 54.5 Å². The molecule has 0 bridgehead atoms. The summed E-state index contributed by atoms with van der Waals surface area (Å²) in [5.74, 6) is 0.659. The highest BCUT2D eigenvalue weighted by Gasteiger charge is 2.22. The third-order valence-electron chi connectivity index (χ3n) is 5.38. The minimum Gasteiger partial charge on any atom is -0.495 e. The van der Waals surface area contributed by atoms with Crippen LogP contribution in [0.25, 0.3) is 0 Å². The minimum absolute atomic E-state index is 0.00332. The molecule has 1 aliphatic rings. The molecule has 3 N–H and O–H groups in total. The fourth-order valence-electron chi connectivity index (χ4n) is 3.67. The molecule has 0 saturated carbocycles. The smallest absolute Gasteiger partial charge is 0.238 e. The Bertz CT molecular complexity index is 852. The molecule has 1 aliphatic heterocycles. The van der Waals surface area contributed by atoms with E-state index in [0.29, 0.717) is 17.8 Å². The molecule has 2 aromatic carbocycles. The van der Waals surface area contributed by atoms with Crippen LogP contribution in [0.5, 0.6) is 5.75 Å². The maximum Gasteiger partial charge on any atom is 0.238 e. The summed E-state index contributed by atoms with van der Waals surface area (Å²) in [4.78, 5) is 25.8. The van der Waals surface area contributed by atoms with Gasteiger partial charge in [-0.3, -0.25) is 14.5 Å². The molecule has 3 rings (SSSR count). The van der Waals surface area contributed by atoms with Crippen LogP contribution < -0.4 is 15.4 Å². The average Bonchev–Trinajstić information content (AvgIpc) is 2.75. The monoisotopic (exact) mass is 411 g/mol. The number of Topliss-reactive ketones (excluding diaryl/α,β-unsaturated/α-hetero) is 1. The van der Waals surface area contributed by atoms with Gasteiger partial charge in [-0.05, 0) is 50.1 Å². The summed E-state index contributed by atoms with van der Waals surface area (Å²) < 4.78 is 5.42. The Hall–Kier alpha value is -2.90. The lowest BCUT2D eigenvalue weighted by Gasteiger charge is -2.33. The maximum atomic E-state index is 12.4. The molecule has 7 heteroatoms. The van der Waals surface area contributed by atoms with Crippen LogP contribution in [0.3, 0.4) is 0 Å². The van der Waals surface area contributed by atoms with Gasteiger partial charge in [0.1, 0.15) is 5.75 Å². The molecule has 0 aromatic heterocycles. The molecular formula is C23H29N3O4. The molecule has 7 nitrogen and oxygen atoms in total. The molecule has 1 amide bonds. The first kappa shape index (κ1) is 21.8. The van der Waals surface area contributed by atoms with E-state index in [4.69, 9.17) is 4.74 Å². The first-order valence-electron chi connectivity index (χ1n) is 10.2. The van der Waals surface area contributed by atoms with E-state index in [9.17, 15) is 14.7 Å². The topological polar surface area (TPSA) is 90.9 Å². The van der Waals surface area contributed by atoms with E-state index in [2.05, 4.69) is 15.5 Å². The normalized spacial score (nSPS) is 14.9. The van der Waals surface area contributed by atoms with Crippen molar-refractivity contribution in [1.82, 2.24) is 4.90 Å². The number of aliphatic hydroxyl groups excluding tert-OH is 1. The third kappa shape index (κ3) is 5.58. The summed E-state index contributed by atoms with van der Waals surface area (Å²) in [6.45, 7) is 3.41. The van der Waals surface area contributed by atoms with Crippen LogP contribution in [0.2, 0.25) is 0 Å². The molecule has 1 saturated heterocycles. The van der Waals surface area contributed by atoms with Crippen LogP contribution in [0.15, 0.2) is 42.5 Å². The number of hydrogen-bond donors (Lipinski definition) is 3. The largest absolute Gasteiger partial charge is 0.495 e. The highest BCUT2D eigenvalue weighted by molar-refractivity contribution is 5.96. The van der Waals surface area contributed by atoms with E-state index < -0.39 is 0 Å². The number of carbonyl (C=O) groups excluding carboxylic acids is 2. The first-order valence-corrected chi connectivity index (χ1v) is 10.2. The van der Waals surface area contributed by atoms with Gasteiger partial charge >= 0.3 is 0 Å². The molecule has 1 heterocycles. The molecule has 160 valence electrons. The number of aliphatic hydroxyl groups is 1. The van der Waals surface area contributed by atoms with Crippen molar-refractivity contribution < 1.29 is 19.4 Å². The van der Waals surface area contributed by atoms with E-state index in [-0.39, 0.29) is 24.3 Å². The Balaban J connectivity index is 1.49. The molecule has 0 radical (unpaired) electrons. The zero-order valence-corrected chi connectivity index (χ0v) is 17.5. The van der Waals surface area contributed by atoms with Crippen LogP contribution in [-0.2, 0) is 11.4 Å². The second kappa shape index (κ2) is 10.2. The lowest BCUT2D eigenvalue weighted by atomic mass is 10.0. The molecule has 0 aliphatic carbocycles. The average molecular weight is 412 g/mol. The fraction of sp³-hybridized carbons (Fsp3) is 0.391. The highest BCUT2D eigenvalue weighted by atomic mass is 16.5. The van der Waals surface area contributed by atoms with Crippen molar-refractivity contribution in [2.45, 2.75) is 32.4 Å². The first-order chi connectivity index (χ1) is 14.5. The van der Waals surface area contributed by atoms with Crippen molar-refractivity contribution in [3.8, 4) is 5.75 Å². The Morgan fingerprint density at radius 3 is 2.43 bits per heavy atom. The molecular weight excluding hydrogens is 382 g/mol. The Morgan fingerprint density at radius 2 is 1.83 bits per heavy atom. The van der Waals surface area contributed by atoms with Crippen molar-refractivity contribution in [3.63, 3.8) is 0 Å². The van der Waals surface area contributed by atoms with Gasteiger partial charge in [-0.25, -0.2) is 0 Å². The van der Waals surface area contributed by atoms with Crippen molar-refractivity contribution in [2.75, 3.05) is 37.4 Å². The van der Waals surface area contributed by atoms with Crippen LogP contribution >= 0.6 is 0 Å². The number of likely N-dealkylation sites (tertiary alicyclic amines) is 1. The highest BCUT2D eigenvalue weighted by Crippen LogP contribution is 2.30. The number of piperidine rings is 1. The number of anilines is 2. The quantitative estimate of drug-likeness (QED) is 0.579. The number of methoxy groups -OCH3 is 1. The number of rotatable bonds is 8. The van der Waals surface area contributed by atoms with E-state index in [1.165, 1.54) is 6.92 Å². The molecule has 0 unspecified atom stereocenters. The molecule has 30 heavy (non-hydrogen) atoms. The van der Waals surface area contributed by atoms with Crippen molar-refractivity contribution in [3.05, 3.63) is 53.6 Å². The third-order valence-corrected chi connectivity index (χ3v) is 5.38. The molecule has 2 aromatic rings. The van der Waals surface area contributed by atoms with Gasteiger partial charge in [0.05, 0.1) is 25.9 Å². The lowest BCUT2D eigenvalue weighted by Crippen LogP contribution is -2.42. The molecule has 1 fully saturated rings. The Morgan fingerprint density at radius 1 is 1.13 bits per heavy atom. The number of carbonyl (C=O) groups is 2. The van der Waals surface area contributed by atoms with Gasteiger partial charge in [-0.2, -0.15) is 0 Å². The predicted molar refractivity (Wildman–Crippen MR) is 117 cm³/mol.